The molecule has 0 heterocycles. The topological polar surface area (TPSA) is 35.5 Å². The van der Waals surface area contributed by atoms with Gasteiger partial charge in [0.15, 0.2) is 14.4 Å². The number of benzene rings is 1. The van der Waals surface area contributed by atoms with Crippen LogP contribution in [0.15, 0.2) is 30.3 Å². The highest BCUT2D eigenvalue weighted by Gasteiger charge is 2.41. The van der Waals surface area contributed by atoms with Gasteiger partial charge in [-0.15, -0.1) is 0 Å². The van der Waals surface area contributed by atoms with Gasteiger partial charge in [0.2, 0.25) is 0 Å². The van der Waals surface area contributed by atoms with Crippen molar-refractivity contribution >= 4 is 14.3 Å². The van der Waals surface area contributed by atoms with Gasteiger partial charge in [0.05, 0.1) is 6.61 Å². The van der Waals surface area contributed by atoms with E-state index >= 15 is 0 Å². The van der Waals surface area contributed by atoms with E-state index in [4.69, 9.17) is 9.16 Å². The number of rotatable bonds is 5. The van der Waals surface area contributed by atoms with Gasteiger partial charge in [0.25, 0.3) is 0 Å². The van der Waals surface area contributed by atoms with E-state index in [0.29, 0.717) is 6.61 Å². The van der Waals surface area contributed by atoms with E-state index in [0.717, 1.165) is 5.56 Å². The number of hydrogen-bond acceptors (Lipinski definition) is 3. The zero-order chi connectivity index (χ0) is 15.4. The minimum Gasteiger partial charge on any atom is -0.464 e. The minimum atomic E-state index is -2.04. The molecule has 0 radical (unpaired) electrons. The van der Waals surface area contributed by atoms with Crippen molar-refractivity contribution in [3.05, 3.63) is 35.9 Å². The third-order valence-corrected chi connectivity index (χ3v) is 8.26. The van der Waals surface area contributed by atoms with Gasteiger partial charge in [-0.2, -0.15) is 0 Å². The SMILES string of the molecule is CCOC(=O)C(O[Si](C)(C)C(C)(C)C)c1ccccc1. The van der Waals surface area contributed by atoms with Gasteiger partial charge < -0.3 is 9.16 Å². The molecule has 0 aliphatic heterocycles. The fourth-order valence-electron chi connectivity index (χ4n) is 1.57. The van der Waals surface area contributed by atoms with Crippen molar-refractivity contribution in [2.75, 3.05) is 6.61 Å². The van der Waals surface area contributed by atoms with Crippen LogP contribution in [0.25, 0.3) is 0 Å². The lowest BCUT2D eigenvalue weighted by molar-refractivity contribution is -0.152. The standard InChI is InChI=1S/C16H26O3Si/c1-7-18-15(17)14(13-11-9-8-10-12-13)19-20(5,6)16(2,3)4/h8-12,14H,7H2,1-6H3. The molecule has 0 aromatic heterocycles. The maximum Gasteiger partial charge on any atom is 0.338 e. The van der Waals surface area contributed by atoms with Crippen molar-refractivity contribution in [2.45, 2.75) is 51.9 Å². The smallest absolute Gasteiger partial charge is 0.338 e. The Bertz CT molecular complexity index is 435. The Hall–Kier alpha value is -1.13. The molecule has 0 N–H and O–H groups in total. The first-order valence-electron chi connectivity index (χ1n) is 7.08. The predicted molar refractivity (Wildman–Crippen MR) is 84.1 cm³/mol. The number of hydrogen-bond donors (Lipinski definition) is 0. The van der Waals surface area contributed by atoms with Crippen LogP contribution in [0.1, 0.15) is 39.4 Å². The maximum absolute atomic E-state index is 12.2. The molecule has 0 bridgehead atoms. The first-order chi connectivity index (χ1) is 9.19. The van der Waals surface area contributed by atoms with Crippen LogP contribution >= 0.6 is 0 Å². The largest absolute Gasteiger partial charge is 0.464 e. The lowest BCUT2D eigenvalue weighted by Crippen LogP contribution is -2.43. The summed E-state index contributed by atoms with van der Waals surface area (Å²) in [7, 11) is -2.04. The van der Waals surface area contributed by atoms with Crippen LogP contribution in [0, 0.1) is 0 Å². The highest BCUT2D eigenvalue weighted by molar-refractivity contribution is 6.74. The number of carbonyl (C=O) groups excluding carboxylic acids is 1. The lowest BCUT2D eigenvalue weighted by Gasteiger charge is -2.38. The van der Waals surface area contributed by atoms with Gasteiger partial charge >= 0.3 is 5.97 Å². The van der Waals surface area contributed by atoms with E-state index in [1.54, 1.807) is 0 Å². The van der Waals surface area contributed by atoms with Crippen molar-refractivity contribution in [1.82, 2.24) is 0 Å². The number of esters is 1. The van der Waals surface area contributed by atoms with E-state index < -0.39 is 14.4 Å². The summed E-state index contributed by atoms with van der Waals surface area (Å²) in [6, 6.07) is 9.58. The first kappa shape index (κ1) is 16.9. The van der Waals surface area contributed by atoms with Crippen molar-refractivity contribution in [1.29, 1.82) is 0 Å². The molecule has 1 atom stereocenters. The summed E-state index contributed by atoms with van der Waals surface area (Å²) in [6.45, 7) is 12.9. The van der Waals surface area contributed by atoms with E-state index in [1.165, 1.54) is 0 Å². The third kappa shape index (κ3) is 4.18. The molecule has 0 aliphatic carbocycles. The molecule has 112 valence electrons. The predicted octanol–water partition coefficient (Wildman–Crippen LogP) is 4.31. The fraction of sp³-hybridized carbons (Fsp3) is 0.562. The van der Waals surface area contributed by atoms with E-state index in [9.17, 15) is 4.79 Å². The quantitative estimate of drug-likeness (QED) is 0.599. The van der Waals surface area contributed by atoms with Crippen LogP contribution in [-0.2, 0) is 14.0 Å². The summed E-state index contributed by atoms with van der Waals surface area (Å²) in [4.78, 5) is 12.2. The van der Waals surface area contributed by atoms with E-state index in [1.807, 2.05) is 37.3 Å². The molecule has 1 aromatic rings. The second-order valence-electron chi connectivity index (χ2n) is 6.42. The van der Waals surface area contributed by atoms with Gasteiger partial charge in [-0.1, -0.05) is 51.1 Å². The molecule has 1 unspecified atom stereocenters. The summed E-state index contributed by atoms with van der Waals surface area (Å²) in [5.74, 6) is -0.302. The molecular weight excluding hydrogens is 268 g/mol. The number of carbonyl (C=O) groups is 1. The summed E-state index contributed by atoms with van der Waals surface area (Å²) in [5, 5.41) is 0.0481. The molecule has 0 spiro atoms. The van der Waals surface area contributed by atoms with E-state index in [2.05, 4.69) is 33.9 Å². The van der Waals surface area contributed by atoms with Crippen molar-refractivity contribution in [3.8, 4) is 0 Å². The van der Waals surface area contributed by atoms with Crippen LogP contribution in [0.2, 0.25) is 18.1 Å². The molecule has 1 rings (SSSR count). The zero-order valence-corrected chi connectivity index (χ0v) is 14.4. The minimum absolute atomic E-state index is 0.0481. The third-order valence-electron chi connectivity index (χ3n) is 3.82. The molecular formula is C16H26O3Si. The first-order valence-corrected chi connectivity index (χ1v) is 9.99. The van der Waals surface area contributed by atoms with Crippen LogP contribution in [-0.4, -0.2) is 20.9 Å². The molecule has 3 nitrogen and oxygen atoms in total. The van der Waals surface area contributed by atoms with Gasteiger partial charge in [-0.3, -0.25) is 0 Å². The molecule has 0 saturated carbocycles. The Balaban J connectivity index is 3.04. The second kappa shape index (κ2) is 6.55. The zero-order valence-electron chi connectivity index (χ0n) is 13.4. The van der Waals surface area contributed by atoms with Crippen molar-refractivity contribution in [3.63, 3.8) is 0 Å². The number of ether oxygens (including phenoxy) is 1. The molecule has 0 fully saturated rings. The Morgan fingerprint density at radius 1 is 1.20 bits per heavy atom. The molecule has 0 amide bonds. The average molecular weight is 294 g/mol. The summed E-state index contributed by atoms with van der Waals surface area (Å²) in [5.41, 5.74) is 0.857. The molecule has 0 saturated heterocycles. The van der Waals surface area contributed by atoms with Crippen molar-refractivity contribution < 1.29 is 14.0 Å². The summed E-state index contributed by atoms with van der Waals surface area (Å²) in [6.07, 6.45) is -0.628. The molecule has 1 aromatic carbocycles. The van der Waals surface area contributed by atoms with Gasteiger partial charge in [0, 0.05) is 0 Å². The normalized spacial score (nSPS) is 13.9. The van der Waals surface area contributed by atoms with Crippen LogP contribution < -0.4 is 0 Å². The van der Waals surface area contributed by atoms with Gasteiger partial charge in [0.1, 0.15) is 0 Å². The fourth-order valence-corrected chi connectivity index (χ4v) is 2.74. The van der Waals surface area contributed by atoms with Crippen molar-refractivity contribution in [2.24, 2.45) is 0 Å². The highest BCUT2D eigenvalue weighted by atomic mass is 28.4. The Morgan fingerprint density at radius 3 is 2.20 bits per heavy atom. The van der Waals surface area contributed by atoms with E-state index in [-0.39, 0.29) is 11.0 Å². The molecule has 4 heteroatoms. The van der Waals surface area contributed by atoms with Gasteiger partial charge in [-0.05, 0) is 30.6 Å². The Labute approximate surface area is 123 Å². The Morgan fingerprint density at radius 2 is 1.75 bits per heavy atom. The monoisotopic (exact) mass is 294 g/mol. The highest BCUT2D eigenvalue weighted by Crippen LogP contribution is 2.40. The second-order valence-corrected chi connectivity index (χ2v) is 11.2. The Kier molecular flexibility index (Phi) is 5.54. The molecule has 20 heavy (non-hydrogen) atoms. The summed E-state index contributed by atoms with van der Waals surface area (Å²) < 4.78 is 11.4. The van der Waals surface area contributed by atoms with Crippen LogP contribution in [0.5, 0.6) is 0 Å². The lowest BCUT2D eigenvalue weighted by atomic mass is 10.1. The molecule has 0 aliphatic rings. The summed E-state index contributed by atoms with van der Waals surface area (Å²) >= 11 is 0. The average Bonchev–Trinajstić information content (AvgIpc) is 2.36. The van der Waals surface area contributed by atoms with Crippen LogP contribution in [0.4, 0.5) is 0 Å². The maximum atomic E-state index is 12.2. The van der Waals surface area contributed by atoms with Crippen LogP contribution in [0.3, 0.4) is 0 Å². The van der Waals surface area contributed by atoms with Gasteiger partial charge in [-0.25, -0.2) is 4.79 Å².